The normalized spacial score (nSPS) is 14.8. The van der Waals surface area contributed by atoms with Gasteiger partial charge in [0.25, 0.3) is 0 Å². The Hall–Kier alpha value is -2.45. The lowest BCUT2D eigenvalue weighted by Crippen LogP contribution is -2.32. The van der Waals surface area contributed by atoms with Crippen LogP contribution in [0.25, 0.3) is 11.3 Å². The van der Waals surface area contributed by atoms with E-state index >= 15 is 0 Å². The molecule has 0 atom stereocenters. The molecule has 1 aromatic carbocycles. The molecule has 3 rings (SSSR count). The molecule has 1 saturated carbocycles. The van der Waals surface area contributed by atoms with Gasteiger partial charge in [0.15, 0.2) is 5.13 Å². The number of anilines is 2. The van der Waals surface area contributed by atoms with Crippen LogP contribution in [-0.2, 0) is 9.53 Å². The first-order valence-electron chi connectivity index (χ1n) is 10.8. The van der Waals surface area contributed by atoms with E-state index in [-0.39, 0.29) is 5.91 Å². The van der Waals surface area contributed by atoms with Gasteiger partial charge in [-0.2, -0.15) is 0 Å². The van der Waals surface area contributed by atoms with E-state index in [2.05, 4.69) is 20.9 Å². The second-order valence-corrected chi connectivity index (χ2v) is 9.78. The second-order valence-electron chi connectivity index (χ2n) is 8.93. The monoisotopic (exact) mass is 444 g/mol. The van der Waals surface area contributed by atoms with Crippen molar-refractivity contribution in [2.45, 2.75) is 58.5 Å². The van der Waals surface area contributed by atoms with Crippen molar-refractivity contribution >= 4 is 34.2 Å². The van der Waals surface area contributed by atoms with Crippen molar-refractivity contribution in [3.05, 3.63) is 29.6 Å². The number of ether oxygens (including phenoxy) is 1. The molecule has 1 aliphatic carbocycles. The number of rotatable bonds is 7. The molecule has 0 spiro atoms. The topological polar surface area (TPSA) is 92.3 Å². The Morgan fingerprint density at radius 2 is 1.81 bits per heavy atom. The highest BCUT2D eigenvalue weighted by Gasteiger charge is 2.17. The average Bonchev–Trinajstić information content (AvgIpc) is 3.16. The summed E-state index contributed by atoms with van der Waals surface area (Å²) in [7, 11) is 0. The highest BCUT2D eigenvalue weighted by molar-refractivity contribution is 7.14. The van der Waals surface area contributed by atoms with Gasteiger partial charge in [0.2, 0.25) is 5.91 Å². The highest BCUT2D eigenvalue weighted by Crippen LogP contribution is 2.26. The van der Waals surface area contributed by atoms with Gasteiger partial charge in [0.05, 0.1) is 12.2 Å². The summed E-state index contributed by atoms with van der Waals surface area (Å²) in [6.07, 6.45) is 5.97. The predicted octanol–water partition coefficient (Wildman–Crippen LogP) is 5.27. The molecule has 1 fully saturated rings. The molecule has 0 unspecified atom stereocenters. The van der Waals surface area contributed by atoms with Gasteiger partial charge in [-0.3, -0.25) is 10.1 Å². The van der Waals surface area contributed by atoms with Gasteiger partial charge in [-0.15, -0.1) is 11.3 Å². The Kier molecular flexibility index (Phi) is 8.03. The van der Waals surface area contributed by atoms with E-state index in [1.54, 1.807) is 0 Å². The average molecular weight is 445 g/mol. The van der Waals surface area contributed by atoms with E-state index in [1.165, 1.54) is 43.4 Å². The van der Waals surface area contributed by atoms with Crippen LogP contribution in [0.2, 0.25) is 0 Å². The van der Waals surface area contributed by atoms with Crippen LogP contribution in [0.1, 0.15) is 52.9 Å². The minimum atomic E-state index is -0.560. The van der Waals surface area contributed by atoms with E-state index in [4.69, 9.17) is 4.74 Å². The van der Waals surface area contributed by atoms with Gasteiger partial charge in [0.1, 0.15) is 5.60 Å². The van der Waals surface area contributed by atoms with Crippen LogP contribution in [-0.4, -0.2) is 35.7 Å². The van der Waals surface area contributed by atoms with Gasteiger partial charge in [-0.25, -0.2) is 9.78 Å². The fourth-order valence-electron chi connectivity index (χ4n) is 3.57. The number of aromatic nitrogens is 1. The van der Waals surface area contributed by atoms with Gasteiger partial charge in [-0.1, -0.05) is 31.4 Å². The lowest BCUT2D eigenvalue weighted by atomic mass is 9.89. The summed E-state index contributed by atoms with van der Waals surface area (Å²) >= 11 is 1.33. The fraction of sp³-hybridized carbons (Fsp3) is 0.522. The zero-order chi connectivity index (χ0) is 22.3. The van der Waals surface area contributed by atoms with Crippen molar-refractivity contribution in [1.29, 1.82) is 0 Å². The Morgan fingerprint density at radius 1 is 1.10 bits per heavy atom. The molecule has 7 nitrogen and oxygen atoms in total. The van der Waals surface area contributed by atoms with Crippen LogP contribution in [0.4, 0.5) is 15.6 Å². The van der Waals surface area contributed by atoms with Gasteiger partial charge in [0, 0.05) is 16.6 Å². The summed E-state index contributed by atoms with van der Waals surface area (Å²) < 4.78 is 5.24. The van der Waals surface area contributed by atoms with Gasteiger partial charge >= 0.3 is 6.09 Å². The number of hydrogen-bond donors (Lipinski definition) is 3. The van der Waals surface area contributed by atoms with E-state index in [0.717, 1.165) is 23.5 Å². The van der Waals surface area contributed by atoms with Crippen LogP contribution in [0.15, 0.2) is 29.6 Å². The molecule has 0 radical (unpaired) electrons. The van der Waals surface area contributed by atoms with E-state index in [0.29, 0.717) is 17.6 Å². The number of thiazole rings is 1. The first kappa shape index (κ1) is 23.2. The SMILES string of the molecule is CC(C)(C)OC(=O)Nc1nc(-c2ccc(NC(=O)CNCC3CCCCC3)cc2)cs1. The molecule has 31 heavy (non-hydrogen) atoms. The highest BCUT2D eigenvalue weighted by atomic mass is 32.1. The van der Waals surface area contributed by atoms with Crippen LogP contribution in [0, 0.1) is 5.92 Å². The van der Waals surface area contributed by atoms with E-state index in [1.807, 2.05) is 50.4 Å². The first-order valence-corrected chi connectivity index (χ1v) is 11.7. The summed E-state index contributed by atoms with van der Waals surface area (Å²) in [5.41, 5.74) is 1.84. The molecule has 2 aromatic rings. The van der Waals surface area contributed by atoms with Crippen LogP contribution >= 0.6 is 11.3 Å². The number of nitrogens with zero attached hydrogens (tertiary/aromatic N) is 1. The summed E-state index contributed by atoms with van der Waals surface area (Å²) in [5, 5.41) is 11.2. The minimum absolute atomic E-state index is 0.0407. The third kappa shape index (κ3) is 7.95. The standard InChI is InChI=1S/C23H32N4O3S/c1-23(2,3)30-22(29)27-21-26-19(15-31-21)17-9-11-18(12-10-17)25-20(28)14-24-13-16-7-5-4-6-8-16/h9-12,15-16,24H,4-8,13-14H2,1-3H3,(H,25,28)(H,26,27,29). The van der Waals surface area contributed by atoms with Crippen molar-refractivity contribution in [3.63, 3.8) is 0 Å². The number of amides is 2. The summed E-state index contributed by atoms with van der Waals surface area (Å²) in [5.74, 6) is 0.662. The van der Waals surface area contributed by atoms with Crippen molar-refractivity contribution in [2.75, 3.05) is 23.7 Å². The Morgan fingerprint density at radius 3 is 2.48 bits per heavy atom. The summed E-state index contributed by atoms with van der Waals surface area (Å²) in [4.78, 5) is 28.5. The smallest absolute Gasteiger partial charge is 0.413 e. The van der Waals surface area contributed by atoms with Crippen molar-refractivity contribution in [1.82, 2.24) is 10.3 Å². The van der Waals surface area contributed by atoms with Gasteiger partial charge < -0.3 is 15.4 Å². The minimum Gasteiger partial charge on any atom is -0.444 e. The van der Waals surface area contributed by atoms with E-state index < -0.39 is 11.7 Å². The number of hydrogen-bond acceptors (Lipinski definition) is 6. The van der Waals surface area contributed by atoms with Crippen molar-refractivity contribution < 1.29 is 14.3 Å². The number of nitrogens with one attached hydrogen (secondary N) is 3. The first-order chi connectivity index (χ1) is 14.8. The molecule has 3 N–H and O–H groups in total. The number of carbonyl (C=O) groups excluding carboxylic acids is 2. The Bertz CT molecular complexity index is 868. The maximum Gasteiger partial charge on any atom is 0.413 e. The van der Waals surface area contributed by atoms with Crippen LogP contribution < -0.4 is 16.0 Å². The maximum absolute atomic E-state index is 12.2. The molecule has 8 heteroatoms. The molecule has 1 aliphatic rings. The third-order valence-electron chi connectivity index (χ3n) is 5.02. The molecular formula is C23H32N4O3S. The molecule has 2 amide bonds. The lowest BCUT2D eigenvalue weighted by Gasteiger charge is -2.21. The molecule has 0 saturated heterocycles. The largest absolute Gasteiger partial charge is 0.444 e. The lowest BCUT2D eigenvalue weighted by molar-refractivity contribution is -0.115. The molecule has 168 valence electrons. The second kappa shape index (κ2) is 10.7. The maximum atomic E-state index is 12.2. The summed E-state index contributed by atoms with van der Waals surface area (Å²) in [6.45, 7) is 6.67. The zero-order valence-corrected chi connectivity index (χ0v) is 19.3. The predicted molar refractivity (Wildman–Crippen MR) is 125 cm³/mol. The number of benzene rings is 1. The Balaban J connectivity index is 1.46. The van der Waals surface area contributed by atoms with Crippen molar-refractivity contribution in [3.8, 4) is 11.3 Å². The zero-order valence-electron chi connectivity index (χ0n) is 18.5. The fourth-order valence-corrected chi connectivity index (χ4v) is 4.27. The quantitative estimate of drug-likeness (QED) is 0.541. The Labute approximate surface area is 188 Å². The molecule has 0 aliphatic heterocycles. The molecule has 0 bridgehead atoms. The number of carbonyl (C=O) groups is 2. The van der Waals surface area contributed by atoms with Crippen LogP contribution in [0.5, 0.6) is 0 Å². The summed E-state index contributed by atoms with van der Waals surface area (Å²) in [6, 6.07) is 7.51. The van der Waals surface area contributed by atoms with Gasteiger partial charge in [-0.05, 0) is 58.2 Å². The third-order valence-corrected chi connectivity index (χ3v) is 5.78. The molecule has 1 aromatic heterocycles. The van der Waals surface area contributed by atoms with Crippen LogP contribution in [0.3, 0.4) is 0 Å². The van der Waals surface area contributed by atoms with Crippen molar-refractivity contribution in [2.24, 2.45) is 5.92 Å². The van der Waals surface area contributed by atoms with E-state index in [9.17, 15) is 9.59 Å². The molecular weight excluding hydrogens is 412 g/mol. The molecule has 1 heterocycles.